The molecule has 2 atom stereocenters. The van der Waals surface area contributed by atoms with Gasteiger partial charge in [-0.1, -0.05) is 0 Å². The predicted molar refractivity (Wildman–Crippen MR) is 102 cm³/mol. The fourth-order valence-corrected chi connectivity index (χ4v) is 6.57. The zero-order valence-electron chi connectivity index (χ0n) is 14.5. The Balaban J connectivity index is 2.12. The second-order valence-electron chi connectivity index (χ2n) is 6.28. The van der Waals surface area contributed by atoms with Gasteiger partial charge in [-0.3, -0.25) is 4.31 Å². The Kier molecular flexibility index (Phi) is 5.06. The highest BCUT2D eigenvalue weighted by Crippen LogP contribution is 2.32. The second kappa shape index (κ2) is 7.02. The topological polar surface area (TPSA) is 127 Å². The summed E-state index contributed by atoms with van der Waals surface area (Å²) < 4.78 is 56.6. The molecule has 8 nitrogen and oxygen atoms in total. The summed E-state index contributed by atoms with van der Waals surface area (Å²) in [5.74, 6) is -0.466. The predicted octanol–water partition coefficient (Wildman–Crippen LogP) is 0.631. The SMILES string of the molecule is COc1ccc(S(=O)(=O)N(c2ccc(N)cc2)[C@@H]2CS(=O)(=O)C[C@H]2O)cc1. The molecule has 3 N–H and O–H groups in total. The Labute approximate surface area is 158 Å². The third kappa shape index (κ3) is 3.87. The summed E-state index contributed by atoms with van der Waals surface area (Å²) in [7, 11) is -6.24. The average Bonchev–Trinajstić information content (AvgIpc) is 2.89. The summed E-state index contributed by atoms with van der Waals surface area (Å²) in [5.41, 5.74) is 6.33. The Morgan fingerprint density at radius 3 is 2.15 bits per heavy atom. The van der Waals surface area contributed by atoms with Crippen LogP contribution in [-0.4, -0.2) is 52.7 Å². The number of benzene rings is 2. The second-order valence-corrected chi connectivity index (χ2v) is 10.2. The molecule has 1 aliphatic rings. The maximum Gasteiger partial charge on any atom is 0.264 e. The van der Waals surface area contributed by atoms with Gasteiger partial charge in [0.2, 0.25) is 0 Å². The van der Waals surface area contributed by atoms with E-state index in [1.165, 1.54) is 55.6 Å². The number of aliphatic hydroxyl groups is 1. The first kappa shape index (κ1) is 19.5. The van der Waals surface area contributed by atoms with Crippen molar-refractivity contribution in [2.45, 2.75) is 17.0 Å². The van der Waals surface area contributed by atoms with E-state index in [1.54, 1.807) is 0 Å². The maximum absolute atomic E-state index is 13.3. The molecule has 0 bridgehead atoms. The number of aliphatic hydroxyl groups excluding tert-OH is 1. The first-order chi connectivity index (χ1) is 12.6. The molecule has 0 amide bonds. The molecule has 0 aromatic heterocycles. The van der Waals surface area contributed by atoms with Crippen molar-refractivity contribution in [3.05, 3.63) is 48.5 Å². The third-order valence-electron chi connectivity index (χ3n) is 4.36. The number of nitrogens with two attached hydrogens (primary N) is 1. The number of nitrogens with zero attached hydrogens (tertiary/aromatic N) is 1. The van der Waals surface area contributed by atoms with Gasteiger partial charge in [-0.25, -0.2) is 16.8 Å². The minimum absolute atomic E-state index is 0.0448. The zero-order chi connectivity index (χ0) is 19.8. The molecule has 1 saturated heterocycles. The van der Waals surface area contributed by atoms with Crippen molar-refractivity contribution in [1.82, 2.24) is 0 Å². The van der Waals surface area contributed by atoms with Crippen LogP contribution in [0.25, 0.3) is 0 Å². The van der Waals surface area contributed by atoms with Crippen LogP contribution in [0, 0.1) is 0 Å². The molecule has 1 fully saturated rings. The molecule has 2 aromatic carbocycles. The number of ether oxygens (including phenoxy) is 1. The summed E-state index contributed by atoms with van der Waals surface area (Å²) in [6.07, 6.45) is -1.33. The van der Waals surface area contributed by atoms with E-state index >= 15 is 0 Å². The van der Waals surface area contributed by atoms with Crippen molar-refractivity contribution in [2.75, 3.05) is 28.7 Å². The van der Waals surface area contributed by atoms with Crippen molar-refractivity contribution in [2.24, 2.45) is 0 Å². The average molecular weight is 412 g/mol. The molecule has 0 aliphatic carbocycles. The quantitative estimate of drug-likeness (QED) is 0.690. The molecule has 0 radical (unpaired) electrons. The first-order valence-corrected chi connectivity index (χ1v) is 11.3. The van der Waals surface area contributed by atoms with Gasteiger partial charge in [0.1, 0.15) is 5.75 Å². The van der Waals surface area contributed by atoms with Crippen molar-refractivity contribution in [3.8, 4) is 5.75 Å². The highest BCUT2D eigenvalue weighted by molar-refractivity contribution is 7.93. The number of hydrogen-bond acceptors (Lipinski definition) is 7. The van der Waals surface area contributed by atoms with Crippen LogP contribution >= 0.6 is 0 Å². The van der Waals surface area contributed by atoms with Crippen LogP contribution in [0.5, 0.6) is 5.75 Å². The van der Waals surface area contributed by atoms with Gasteiger partial charge in [0.25, 0.3) is 10.0 Å². The zero-order valence-corrected chi connectivity index (χ0v) is 16.2. The van der Waals surface area contributed by atoms with E-state index < -0.39 is 43.5 Å². The van der Waals surface area contributed by atoms with Crippen molar-refractivity contribution >= 4 is 31.2 Å². The van der Waals surface area contributed by atoms with Crippen LogP contribution in [0.1, 0.15) is 0 Å². The fourth-order valence-electron chi connectivity index (χ4n) is 3.03. The Hall–Kier alpha value is -2.30. The Morgan fingerprint density at radius 1 is 1.07 bits per heavy atom. The highest BCUT2D eigenvalue weighted by Gasteiger charge is 2.45. The highest BCUT2D eigenvalue weighted by atomic mass is 32.2. The Morgan fingerprint density at radius 2 is 1.67 bits per heavy atom. The lowest BCUT2D eigenvalue weighted by molar-refractivity contribution is 0.184. The van der Waals surface area contributed by atoms with Gasteiger partial charge in [0.15, 0.2) is 9.84 Å². The number of methoxy groups -OCH3 is 1. The monoisotopic (exact) mass is 412 g/mol. The molecule has 2 aromatic rings. The summed E-state index contributed by atoms with van der Waals surface area (Å²) in [6.45, 7) is 0. The van der Waals surface area contributed by atoms with E-state index in [1.807, 2.05) is 0 Å². The van der Waals surface area contributed by atoms with Crippen LogP contribution in [0.2, 0.25) is 0 Å². The molecule has 0 spiro atoms. The standard InChI is InChI=1S/C17H20N2O6S2/c1-25-14-6-8-15(9-7-14)27(23,24)19(13-4-2-12(18)3-5-13)16-10-26(21,22)11-17(16)20/h2-9,16-17,20H,10-11,18H2,1H3/t16-,17-/m1/s1. The minimum Gasteiger partial charge on any atom is -0.497 e. The van der Waals surface area contributed by atoms with E-state index in [0.717, 1.165) is 4.31 Å². The van der Waals surface area contributed by atoms with E-state index in [4.69, 9.17) is 10.5 Å². The number of anilines is 2. The number of sulfonamides is 1. The number of hydrogen-bond donors (Lipinski definition) is 2. The van der Waals surface area contributed by atoms with Gasteiger partial charge >= 0.3 is 0 Å². The molecule has 27 heavy (non-hydrogen) atoms. The van der Waals surface area contributed by atoms with Crippen LogP contribution in [0.4, 0.5) is 11.4 Å². The van der Waals surface area contributed by atoms with Crippen molar-refractivity contribution in [1.29, 1.82) is 0 Å². The van der Waals surface area contributed by atoms with Crippen molar-refractivity contribution in [3.63, 3.8) is 0 Å². The lowest BCUT2D eigenvalue weighted by Crippen LogP contribution is -2.47. The number of nitrogen functional groups attached to an aromatic ring is 1. The summed E-state index contributed by atoms with van der Waals surface area (Å²) in [6, 6.07) is 10.6. The number of sulfone groups is 1. The lowest BCUT2D eigenvalue weighted by Gasteiger charge is -2.31. The third-order valence-corrected chi connectivity index (χ3v) is 7.92. The molecule has 146 valence electrons. The smallest absolute Gasteiger partial charge is 0.264 e. The van der Waals surface area contributed by atoms with Gasteiger partial charge < -0.3 is 15.6 Å². The molecule has 3 rings (SSSR count). The molecular weight excluding hydrogens is 392 g/mol. The molecule has 10 heteroatoms. The van der Waals surface area contributed by atoms with Crippen LogP contribution in [0.15, 0.2) is 53.4 Å². The summed E-state index contributed by atoms with van der Waals surface area (Å²) in [5, 5.41) is 10.3. The largest absolute Gasteiger partial charge is 0.497 e. The van der Waals surface area contributed by atoms with E-state index in [-0.39, 0.29) is 10.6 Å². The van der Waals surface area contributed by atoms with Crippen LogP contribution < -0.4 is 14.8 Å². The van der Waals surface area contributed by atoms with Gasteiger partial charge in [-0.2, -0.15) is 0 Å². The van der Waals surface area contributed by atoms with Gasteiger partial charge in [-0.15, -0.1) is 0 Å². The summed E-state index contributed by atoms with van der Waals surface area (Å²) in [4.78, 5) is -0.0448. The van der Waals surface area contributed by atoms with E-state index in [9.17, 15) is 21.9 Å². The lowest BCUT2D eigenvalue weighted by atomic mass is 10.2. The van der Waals surface area contributed by atoms with E-state index in [2.05, 4.69) is 0 Å². The fraction of sp³-hybridized carbons (Fsp3) is 0.294. The van der Waals surface area contributed by atoms with Gasteiger partial charge in [0, 0.05) is 5.69 Å². The van der Waals surface area contributed by atoms with E-state index in [0.29, 0.717) is 11.4 Å². The van der Waals surface area contributed by atoms with Crippen LogP contribution in [-0.2, 0) is 19.9 Å². The summed E-state index contributed by atoms with van der Waals surface area (Å²) >= 11 is 0. The van der Waals surface area contributed by atoms with Gasteiger partial charge in [-0.05, 0) is 48.5 Å². The first-order valence-electron chi connectivity index (χ1n) is 8.06. The molecular formula is C17H20N2O6S2. The van der Waals surface area contributed by atoms with Crippen LogP contribution in [0.3, 0.4) is 0 Å². The Bertz CT molecular complexity index is 1020. The molecule has 1 heterocycles. The minimum atomic E-state index is -4.15. The molecule has 0 saturated carbocycles. The van der Waals surface area contributed by atoms with Crippen molar-refractivity contribution < 1.29 is 26.7 Å². The molecule has 0 unspecified atom stereocenters. The van der Waals surface area contributed by atoms with Gasteiger partial charge in [0.05, 0.1) is 41.3 Å². The maximum atomic E-state index is 13.3. The normalized spacial score (nSPS) is 21.7. The molecule has 1 aliphatic heterocycles. The number of rotatable bonds is 5.